The number of amides is 1. The summed E-state index contributed by atoms with van der Waals surface area (Å²) in [6.45, 7) is 2.24. The Morgan fingerprint density at radius 2 is 2.28 bits per heavy atom. The molecule has 106 valence electrons. The van der Waals surface area contributed by atoms with Crippen molar-refractivity contribution in [1.29, 1.82) is 0 Å². The molecule has 1 amide bonds. The Balaban J connectivity index is 1.84. The fourth-order valence-corrected chi connectivity index (χ4v) is 4.79. The fraction of sp³-hybridized carbons (Fsp3) is 0.917. The molecule has 0 unspecified atom stereocenters. The lowest BCUT2D eigenvalue weighted by Gasteiger charge is -2.07. The molecule has 0 bridgehead atoms. The van der Waals surface area contributed by atoms with Crippen molar-refractivity contribution >= 4 is 27.5 Å². The van der Waals surface area contributed by atoms with Gasteiger partial charge in [-0.05, 0) is 19.3 Å². The van der Waals surface area contributed by atoms with Gasteiger partial charge < -0.3 is 15.8 Å². The van der Waals surface area contributed by atoms with Gasteiger partial charge >= 0.3 is 0 Å². The van der Waals surface area contributed by atoms with Gasteiger partial charge in [0.2, 0.25) is 5.91 Å². The van der Waals surface area contributed by atoms with Crippen molar-refractivity contribution < 1.29 is 9.53 Å². The molecule has 1 heterocycles. The first-order valence-corrected chi connectivity index (χ1v) is 9.04. The number of nitrogens with one attached hydrogen (secondary N) is 1. The zero-order valence-corrected chi connectivity index (χ0v) is 12.5. The van der Waals surface area contributed by atoms with Gasteiger partial charge in [-0.15, -0.1) is 0 Å². The van der Waals surface area contributed by atoms with Crippen LogP contribution in [0.3, 0.4) is 0 Å². The summed E-state index contributed by atoms with van der Waals surface area (Å²) in [5.74, 6) is 1.43. The first-order valence-electron chi connectivity index (χ1n) is 6.65. The molecule has 4 nitrogen and oxygen atoms in total. The summed E-state index contributed by atoms with van der Waals surface area (Å²) in [6.07, 6.45) is 5.39. The van der Waals surface area contributed by atoms with Gasteiger partial charge in [-0.1, -0.05) is 28.0 Å². The van der Waals surface area contributed by atoms with E-state index < -0.39 is 0 Å². The number of hydrogen-bond donors (Lipinski definition) is 2. The van der Waals surface area contributed by atoms with Crippen LogP contribution in [0.25, 0.3) is 0 Å². The van der Waals surface area contributed by atoms with Crippen LogP contribution in [0, 0.1) is 0 Å². The maximum absolute atomic E-state index is 11.5. The molecule has 0 aromatic carbocycles. The van der Waals surface area contributed by atoms with Crippen molar-refractivity contribution in [3.63, 3.8) is 0 Å². The SMILES string of the molecule is NCCOCCNC(=O)CCCC[C@@H]1CCSS1. The third kappa shape index (κ3) is 8.24. The topological polar surface area (TPSA) is 64.3 Å². The van der Waals surface area contributed by atoms with Gasteiger partial charge in [0.15, 0.2) is 0 Å². The third-order valence-electron chi connectivity index (χ3n) is 2.74. The monoisotopic (exact) mass is 292 g/mol. The molecular weight excluding hydrogens is 268 g/mol. The van der Waals surface area contributed by atoms with Crippen LogP contribution in [0.5, 0.6) is 0 Å². The molecule has 1 fully saturated rings. The van der Waals surface area contributed by atoms with Gasteiger partial charge in [-0.25, -0.2) is 0 Å². The molecular formula is C12H24N2O2S2. The molecule has 1 aliphatic heterocycles. The van der Waals surface area contributed by atoms with Crippen molar-refractivity contribution in [1.82, 2.24) is 5.32 Å². The zero-order valence-electron chi connectivity index (χ0n) is 10.9. The maximum Gasteiger partial charge on any atom is 0.220 e. The van der Waals surface area contributed by atoms with Gasteiger partial charge in [0.1, 0.15) is 0 Å². The first-order chi connectivity index (χ1) is 8.83. The second-order valence-corrected chi connectivity index (χ2v) is 7.11. The molecule has 1 aliphatic rings. The molecule has 0 aliphatic carbocycles. The van der Waals surface area contributed by atoms with Crippen LogP contribution in [0.1, 0.15) is 32.1 Å². The van der Waals surface area contributed by atoms with E-state index in [-0.39, 0.29) is 5.91 Å². The van der Waals surface area contributed by atoms with Crippen LogP contribution in [0.2, 0.25) is 0 Å². The predicted molar refractivity (Wildman–Crippen MR) is 79.8 cm³/mol. The van der Waals surface area contributed by atoms with Crippen molar-refractivity contribution in [2.24, 2.45) is 5.73 Å². The highest BCUT2D eigenvalue weighted by molar-refractivity contribution is 8.77. The molecule has 1 atom stereocenters. The molecule has 6 heteroatoms. The number of carbonyl (C=O) groups is 1. The Kier molecular flexibility index (Phi) is 9.83. The predicted octanol–water partition coefficient (Wildman–Crippen LogP) is 1.79. The summed E-state index contributed by atoms with van der Waals surface area (Å²) in [4.78, 5) is 11.5. The summed E-state index contributed by atoms with van der Waals surface area (Å²) < 4.78 is 5.18. The smallest absolute Gasteiger partial charge is 0.220 e. The zero-order chi connectivity index (χ0) is 13.1. The highest BCUT2D eigenvalue weighted by Gasteiger charge is 2.15. The number of carbonyl (C=O) groups excluding carboxylic acids is 1. The van der Waals surface area contributed by atoms with Crippen LogP contribution in [-0.4, -0.2) is 43.2 Å². The standard InChI is InChI=1S/C12H24N2O2S2/c13-6-8-16-9-7-14-12(15)4-2-1-3-11-5-10-17-18-11/h11H,1-10,13H2,(H,14,15)/t11-/m1/s1. The van der Waals surface area contributed by atoms with Crippen LogP contribution >= 0.6 is 21.6 Å². The lowest BCUT2D eigenvalue weighted by Crippen LogP contribution is -2.27. The molecule has 1 saturated heterocycles. The third-order valence-corrected chi connectivity index (χ3v) is 5.74. The van der Waals surface area contributed by atoms with Gasteiger partial charge in [0.25, 0.3) is 0 Å². The molecule has 0 saturated carbocycles. The van der Waals surface area contributed by atoms with Gasteiger partial charge in [-0.2, -0.15) is 0 Å². The number of ether oxygens (including phenoxy) is 1. The van der Waals surface area contributed by atoms with Crippen molar-refractivity contribution in [3.8, 4) is 0 Å². The molecule has 18 heavy (non-hydrogen) atoms. The number of hydrogen-bond acceptors (Lipinski definition) is 5. The molecule has 0 radical (unpaired) electrons. The van der Waals surface area contributed by atoms with E-state index in [4.69, 9.17) is 10.5 Å². The Morgan fingerprint density at radius 1 is 1.39 bits per heavy atom. The average Bonchev–Trinajstić information content (AvgIpc) is 2.87. The second-order valence-electron chi connectivity index (χ2n) is 4.33. The van der Waals surface area contributed by atoms with E-state index in [1.807, 2.05) is 21.6 Å². The highest BCUT2D eigenvalue weighted by atomic mass is 33.1. The average molecular weight is 292 g/mol. The van der Waals surface area contributed by atoms with Crippen LogP contribution < -0.4 is 11.1 Å². The molecule has 3 N–H and O–H groups in total. The summed E-state index contributed by atoms with van der Waals surface area (Å²) >= 11 is 0. The molecule has 0 aromatic heterocycles. The molecule has 1 rings (SSSR count). The van der Waals surface area contributed by atoms with Gasteiger partial charge in [0, 0.05) is 30.5 Å². The molecule has 0 spiro atoms. The van der Waals surface area contributed by atoms with Crippen LogP contribution in [0.4, 0.5) is 0 Å². The fourth-order valence-electron chi connectivity index (χ4n) is 1.76. The molecule has 0 aromatic rings. The number of nitrogens with two attached hydrogens (primary N) is 1. The highest BCUT2D eigenvalue weighted by Crippen LogP contribution is 2.39. The van der Waals surface area contributed by atoms with Gasteiger partial charge in [0.05, 0.1) is 13.2 Å². The summed E-state index contributed by atoms with van der Waals surface area (Å²) in [5, 5.41) is 3.68. The van der Waals surface area contributed by atoms with E-state index >= 15 is 0 Å². The summed E-state index contributed by atoms with van der Waals surface area (Å²) in [6, 6.07) is 0. The maximum atomic E-state index is 11.5. The summed E-state index contributed by atoms with van der Waals surface area (Å²) in [5.41, 5.74) is 5.29. The largest absolute Gasteiger partial charge is 0.378 e. The Morgan fingerprint density at radius 3 is 3.00 bits per heavy atom. The lowest BCUT2D eigenvalue weighted by molar-refractivity contribution is -0.121. The lowest BCUT2D eigenvalue weighted by atomic mass is 10.1. The van der Waals surface area contributed by atoms with E-state index in [2.05, 4.69) is 5.32 Å². The van der Waals surface area contributed by atoms with E-state index in [1.54, 1.807) is 0 Å². The first kappa shape index (κ1) is 16.1. The minimum absolute atomic E-state index is 0.139. The normalized spacial score (nSPS) is 19.1. The van der Waals surface area contributed by atoms with E-state index in [0.29, 0.717) is 32.7 Å². The van der Waals surface area contributed by atoms with Crippen molar-refractivity contribution in [2.45, 2.75) is 37.4 Å². The van der Waals surface area contributed by atoms with E-state index in [9.17, 15) is 4.79 Å². The van der Waals surface area contributed by atoms with Crippen LogP contribution in [0.15, 0.2) is 0 Å². The second kappa shape index (κ2) is 11.0. The minimum atomic E-state index is 0.139. The van der Waals surface area contributed by atoms with E-state index in [0.717, 1.165) is 18.1 Å². The van der Waals surface area contributed by atoms with Crippen LogP contribution in [-0.2, 0) is 9.53 Å². The van der Waals surface area contributed by atoms with Crippen molar-refractivity contribution in [2.75, 3.05) is 32.1 Å². The van der Waals surface area contributed by atoms with Crippen molar-refractivity contribution in [3.05, 3.63) is 0 Å². The Bertz CT molecular complexity index is 224. The minimum Gasteiger partial charge on any atom is -0.378 e. The Labute approximate surface area is 118 Å². The number of unbranched alkanes of at least 4 members (excludes halogenated alkanes) is 1. The quantitative estimate of drug-likeness (QED) is 0.475. The van der Waals surface area contributed by atoms with E-state index in [1.165, 1.54) is 18.6 Å². The summed E-state index contributed by atoms with van der Waals surface area (Å²) in [7, 11) is 3.99. The van der Waals surface area contributed by atoms with Gasteiger partial charge in [-0.3, -0.25) is 4.79 Å². The number of rotatable bonds is 10. The Hall–Kier alpha value is 0.0900.